The molecule has 1 aromatic heterocycles. The number of aliphatic hydroxyl groups is 1. The maximum absolute atomic E-state index is 11.3. The molecule has 3 atom stereocenters. The molecule has 0 saturated heterocycles. The van der Waals surface area contributed by atoms with Crippen LogP contribution in [0.25, 0.3) is 0 Å². The highest BCUT2D eigenvalue weighted by Crippen LogP contribution is 2.29. The summed E-state index contributed by atoms with van der Waals surface area (Å²) in [6.07, 6.45) is 0.696. The van der Waals surface area contributed by atoms with Crippen molar-refractivity contribution in [3.63, 3.8) is 0 Å². The van der Waals surface area contributed by atoms with Gasteiger partial charge in [-0.1, -0.05) is 18.5 Å². The molecule has 5 heteroatoms. The van der Waals surface area contributed by atoms with E-state index in [0.717, 1.165) is 5.69 Å². The number of hydrogen-bond acceptors (Lipinski definition) is 3. The number of H-pyrrole nitrogens is 1. The van der Waals surface area contributed by atoms with E-state index < -0.39 is 12.2 Å². The first kappa shape index (κ1) is 16.6. The smallest absolute Gasteiger partial charge is 0.164 e. The summed E-state index contributed by atoms with van der Waals surface area (Å²) >= 11 is 5.87. The lowest BCUT2D eigenvalue weighted by atomic mass is 9.93. The molecule has 0 aliphatic heterocycles. The van der Waals surface area contributed by atoms with Crippen LogP contribution in [0.2, 0.25) is 5.02 Å². The molecule has 2 aromatic rings. The third kappa shape index (κ3) is 4.36. The molecule has 3 unspecified atom stereocenters. The molecule has 0 aliphatic rings. The molecule has 118 valence electrons. The fourth-order valence-electron chi connectivity index (χ4n) is 2.37. The summed E-state index contributed by atoms with van der Waals surface area (Å²) in [7, 11) is 0. The lowest BCUT2D eigenvalue weighted by molar-refractivity contribution is -0.119. The van der Waals surface area contributed by atoms with Crippen molar-refractivity contribution < 1.29 is 14.6 Å². The summed E-state index contributed by atoms with van der Waals surface area (Å²) in [6, 6.07) is 10.7. The van der Waals surface area contributed by atoms with Gasteiger partial charge < -0.3 is 19.6 Å². The van der Waals surface area contributed by atoms with E-state index in [1.165, 1.54) is 6.92 Å². The molecule has 0 radical (unpaired) electrons. The van der Waals surface area contributed by atoms with Crippen molar-refractivity contribution in [2.24, 2.45) is 5.92 Å². The topological polar surface area (TPSA) is 62.3 Å². The third-order valence-corrected chi connectivity index (χ3v) is 3.76. The van der Waals surface area contributed by atoms with Crippen LogP contribution in [0.1, 0.15) is 32.1 Å². The van der Waals surface area contributed by atoms with Gasteiger partial charge in [-0.15, -0.1) is 0 Å². The molecule has 0 aliphatic carbocycles. The second kappa shape index (κ2) is 7.47. The number of nitrogens with one attached hydrogen (secondary N) is 1. The number of Topliss-reactive ketones (excluding diaryl/α,β-unsaturated/α-hetero) is 1. The molecule has 2 N–H and O–H groups in total. The van der Waals surface area contributed by atoms with Gasteiger partial charge in [0.15, 0.2) is 6.10 Å². The first-order valence-electron chi connectivity index (χ1n) is 7.20. The Kier molecular flexibility index (Phi) is 5.63. The van der Waals surface area contributed by atoms with Crippen LogP contribution in [-0.2, 0) is 4.79 Å². The van der Waals surface area contributed by atoms with Crippen molar-refractivity contribution in [2.45, 2.75) is 32.5 Å². The Bertz CT molecular complexity index is 595. The molecule has 2 rings (SSSR count). The summed E-state index contributed by atoms with van der Waals surface area (Å²) in [5.74, 6) is 0.444. The highest BCUT2D eigenvalue weighted by atomic mass is 35.5. The van der Waals surface area contributed by atoms with Crippen molar-refractivity contribution in [2.75, 3.05) is 0 Å². The molecule has 0 amide bonds. The second-order valence-corrected chi connectivity index (χ2v) is 5.93. The highest BCUT2D eigenvalue weighted by molar-refractivity contribution is 6.30. The minimum absolute atomic E-state index is 0.0447. The molecule has 0 spiro atoms. The van der Waals surface area contributed by atoms with Crippen molar-refractivity contribution in [3.8, 4) is 5.75 Å². The number of carbonyl (C=O) groups is 1. The third-order valence-electron chi connectivity index (χ3n) is 3.51. The summed E-state index contributed by atoms with van der Waals surface area (Å²) in [6.45, 7) is 3.36. The number of aromatic amines is 1. The number of aromatic nitrogens is 1. The zero-order chi connectivity index (χ0) is 16.1. The number of ketones is 1. The van der Waals surface area contributed by atoms with E-state index in [4.69, 9.17) is 16.3 Å². The lowest BCUT2D eigenvalue weighted by Crippen LogP contribution is -2.31. The molecule has 0 saturated carbocycles. The van der Waals surface area contributed by atoms with Gasteiger partial charge in [0, 0.05) is 17.6 Å². The SMILES string of the molecule is CC(=O)CC(C)C(O)C(Oc1ccc(Cl)cc1)c1ccc[nH]1. The predicted octanol–water partition coefficient (Wildman–Crippen LogP) is 3.76. The predicted molar refractivity (Wildman–Crippen MR) is 86.1 cm³/mol. The van der Waals surface area contributed by atoms with E-state index in [9.17, 15) is 9.90 Å². The number of aliphatic hydroxyl groups excluding tert-OH is 1. The zero-order valence-electron chi connectivity index (χ0n) is 12.6. The van der Waals surface area contributed by atoms with Gasteiger partial charge in [0.2, 0.25) is 0 Å². The van der Waals surface area contributed by atoms with Crippen LogP contribution in [-0.4, -0.2) is 22.0 Å². The minimum Gasteiger partial charge on any atom is -0.481 e. The van der Waals surface area contributed by atoms with E-state index in [0.29, 0.717) is 17.2 Å². The normalized spacial score (nSPS) is 15.1. The van der Waals surface area contributed by atoms with Crippen LogP contribution >= 0.6 is 11.6 Å². The van der Waals surface area contributed by atoms with E-state index >= 15 is 0 Å². The summed E-state index contributed by atoms with van der Waals surface area (Å²) in [5, 5.41) is 11.2. The number of hydrogen-bond donors (Lipinski definition) is 2. The molecular formula is C17H20ClNO3. The van der Waals surface area contributed by atoms with E-state index in [1.807, 2.05) is 19.1 Å². The van der Waals surface area contributed by atoms with Gasteiger partial charge in [0.25, 0.3) is 0 Å². The monoisotopic (exact) mass is 321 g/mol. The van der Waals surface area contributed by atoms with Gasteiger partial charge in [0.1, 0.15) is 11.5 Å². The Labute approximate surface area is 135 Å². The zero-order valence-corrected chi connectivity index (χ0v) is 13.4. The van der Waals surface area contributed by atoms with Crippen LogP contribution in [0, 0.1) is 5.92 Å². The number of halogens is 1. The van der Waals surface area contributed by atoms with Gasteiger partial charge in [-0.2, -0.15) is 0 Å². The summed E-state index contributed by atoms with van der Waals surface area (Å²) in [4.78, 5) is 14.4. The van der Waals surface area contributed by atoms with Gasteiger partial charge in [0.05, 0.1) is 11.8 Å². The molecule has 1 aromatic carbocycles. The Morgan fingerprint density at radius 3 is 2.55 bits per heavy atom. The first-order chi connectivity index (χ1) is 10.5. The maximum Gasteiger partial charge on any atom is 0.164 e. The largest absolute Gasteiger partial charge is 0.481 e. The molecule has 22 heavy (non-hydrogen) atoms. The van der Waals surface area contributed by atoms with Gasteiger partial charge in [-0.3, -0.25) is 0 Å². The van der Waals surface area contributed by atoms with Gasteiger partial charge in [-0.25, -0.2) is 0 Å². The number of rotatable bonds is 7. The first-order valence-corrected chi connectivity index (χ1v) is 7.58. The quantitative estimate of drug-likeness (QED) is 0.816. The molecule has 0 bridgehead atoms. The fraction of sp³-hybridized carbons (Fsp3) is 0.353. The Balaban J connectivity index is 2.19. The van der Waals surface area contributed by atoms with Crippen molar-refractivity contribution >= 4 is 17.4 Å². The van der Waals surface area contributed by atoms with Crippen molar-refractivity contribution in [1.29, 1.82) is 0 Å². The fourth-order valence-corrected chi connectivity index (χ4v) is 2.50. The second-order valence-electron chi connectivity index (χ2n) is 5.49. The molecule has 1 heterocycles. The lowest BCUT2D eigenvalue weighted by Gasteiger charge is -2.27. The Morgan fingerprint density at radius 2 is 2.00 bits per heavy atom. The average molecular weight is 322 g/mol. The van der Waals surface area contributed by atoms with E-state index in [-0.39, 0.29) is 11.7 Å². The average Bonchev–Trinajstić information content (AvgIpc) is 2.99. The van der Waals surface area contributed by atoms with Gasteiger partial charge in [-0.05, 0) is 49.2 Å². The van der Waals surface area contributed by atoms with Crippen LogP contribution in [0.5, 0.6) is 5.75 Å². The number of ether oxygens (including phenoxy) is 1. The Hall–Kier alpha value is -1.78. The van der Waals surface area contributed by atoms with Crippen LogP contribution < -0.4 is 4.74 Å². The Morgan fingerprint density at radius 1 is 1.32 bits per heavy atom. The van der Waals surface area contributed by atoms with Crippen LogP contribution in [0.4, 0.5) is 0 Å². The van der Waals surface area contributed by atoms with Gasteiger partial charge >= 0.3 is 0 Å². The highest BCUT2D eigenvalue weighted by Gasteiger charge is 2.29. The van der Waals surface area contributed by atoms with E-state index in [1.54, 1.807) is 30.5 Å². The minimum atomic E-state index is -0.807. The van der Waals surface area contributed by atoms with Crippen molar-refractivity contribution in [1.82, 2.24) is 4.98 Å². The maximum atomic E-state index is 11.3. The summed E-state index contributed by atoms with van der Waals surface area (Å²) in [5.41, 5.74) is 0.762. The number of carbonyl (C=O) groups excluding carboxylic acids is 1. The van der Waals surface area contributed by atoms with Crippen LogP contribution in [0.3, 0.4) is 0 Å². The molecule has 4 nitrogen and oxygen atoms in total. The van der Waals surface area contributed by atoms with Crippen LogP contribution in [0.15, 0.2) is 42.6 Å². The molecule has 0 fully saturated rings. The molecular weight excluding hydrogens is 302 g/mol. The van der Waals surface area contributed by atoms with Crippen molar-refractivity contribution in [3.05, 3.63) is 53.3 Å². The number of benzene rings is 1. The standard InChI is InChI=1S/C17H20ClNO3/c1-11(10-12(2)20)16(21)17(15-4-3-9-19-15)22-14-7-5-13(18)6-8-14/h3-9,11,16-17,19,21H,10H2,1-2H3. The summed E-state index contributed by atoms with van der Waals surface area (Å²) < 4.78 is 5.93. The van der Waals surface area contributed by atoms with E-state index in [2.05, 4.69) is 4.98 Å².